The molecule has 2 aliphatic carbocycles. The molecule has 0 amide bonds. The molecule has 1 N–H and O–H groups in total. The first-order valence-electron chi connectivity index (χ1n) is 12.9. The summed E-state index contributed by atoms with van der Waals surface area (Å²) in [5, 5.41) is 9.76. The summed E-state index contributed by atoms with van der Waals surface area (Å²) in [4.78, 5) is 50.7. The number of Topliss-reactive ketones (excluding diaryl/α,β-unsaturated/α-hetero) is 1. The number of ether oxygens (including phenoxy) is 3. The lowest BCUT2D eigenvalue weighted by atomic mass is 9.62. The van der Waals surface area contributed by atoms with E-state index in [1.54, 1.807) is 27.7 Å². The van der Waals surface area contributed by atoms with E-state index in [0.29, 0.717) is 17.6 Å². The molecule has 0 aromatic rings. The molecule has 0 radical (unpaired) electrons. The van der Waals surface area contributed by atoms with Gasteiger partial charge in [0.15, 0.2) is 6.10 Å². The van der Waals surface area contributed by atoms with E-state index in [4.69, 9.17) is 14.2 Å². The van der Waals surface area contributed by atoms with Crippen LogP contribution >= 0.6 is 0 Å². The summed E-state index contributed by atoms with van der Waals surface area (Å²) >= 11 is 0. The molecule has 0 heterocycles. The molecule has 0 saturated heterocycles. The number of ketones is 1. The predicted molar refractivity (Wildman–Crippen MR) is 133 cm³/mol. The van der Waals surface area contributed by atoms with Crippen LogP contribution in [0.5, 0.6) is 0 Å². The number of esters is 3. The summed E-state index contributed by atoms with van der Waals surface area (Å²) in [5.74, 6) is -3.55. The van der Waals surface area contributed by atoms with Gasteiger partial charge in [-0.05, 0) is 56.1 Å². The third-order valence-corrected chi connectivity index (χ3v) is 7.78. The largest absolute Gasteiger partial charge is 0.462 e. The number of aliphatic hydroxyl groups is 1. The Kier molecular flexibility index (Phi) is 10.1. The normalized spacial score (nSPS) is 30.9. The number of aliphatic hydroxyl groups excluding tert-OH is 1. The van der Waals surface area contributed by atoms with Crippen LogP contribution in [0.4, 0.5) is 0 Å². The quantitative estimate of drug-likeness (QED) is 0.217. The van der Waals surface area contributed by atoms with Crippen LogP contribution in [0.3, 0.4) is 0 Å². The Morgan fingerprint density at radius 2 is 1.72 bits per heavy atom. The molecule has 9 atom stereocenters. The number of rotatable bonds is 9. The number of carbonyl (C=O) groups excluding carboxylic acids is 4. The van der Waals surface area contributed by atoms with Crippen LogP contribution in [0.25, 0.3) is 0 Å². The molecule has 2 saturated carbocycles. The molecular weight excluding hydrogens is 464 g/mol. The SMILES string of the molecule is C=C1[C@@H]2CC(=O)[C@H]([C@@H](C)OC(C)=O)[C@H]2[C@H](C(C)C)[C@@H](OC(=O)[C@H](C)CC)[C@H]1OC(=O)C=C(C)[C@H](C)O. The molecule has 8 nitrogen and oxygen atoms in total. The van der Waals surface area contributed by atoms with Crippen LogP contribution < -0.4 is 0 Å². The lowest BCUT2D eigenvalue weighted by molar-refractivity contribution is -0.182. The van der Waals surface area contributed by atoms with Crippen LogP contribution in [0, 0.1) is 35.5 Å². The molecule has 0 aliphatic heterocycles. The molecule has 0 aromatic carbocycles. The Morgan fingerprint density at radius 3 is 2.22 bits per heavy atom. The average molecular weight is 507 g/mol. The van der Waals surface area contributed by atoms with Gasteiger partial charge < -0.3 is 19.3 Å². The zero-order chi connectivity index (χ0) is 27.5. The van der Waals surface area contributed by atoms with E-state index >= 15 is 0 Å². The first-order valence-corrected chi connectivity index (χ1v) is 12.9. The minimum atomic E-state index is -0.951. The van der Waals surface area contributed by atoms with Gasteiger partial charge in [0.25, 0.3) is 0 Å². The summed E-state index contributed by atoms with van der Waals surface area (Å²) in [6, 6.07) is 0. The zero-order valence-corrected chi connectivity index (χ0v) is 22.8. The maximum atomic E-state index is 13.2. The van der Waals surface area contributed by atoms with Crippen LogP contribution in [0.2, 0.25) is 0 Å². The van der Waals surface area contributed by atoms with Gasteiger partial charge in [0, 0.05) is 25.3 Å². The third-order valence-electron chi connectivity index (χ3n) is 7.78. The summed E-state index contributed by atoms with van der Waals surface area (Å²) < 4.78 is 17.3. The monoisotopic (exact) mass is 506 g/mol. The lowest BCUT2D eigenvalue weighted by Gasteiger charge is -2.48. The van der Waals surface area contributed by atoms with Crippen molar-refractivity contribution in [1.82, 2.24) is 0 Å². The second-order valence-electron chi connectivity index (χ2n) is 10.7. The fraction of sp³-hybridized carbons (Fsp3) is 0.714. The number of hydrogen-bond donors (Lipinski definition) is 1. The summed E-state index contributed by atoms with van der Waals surface area (Å²) in [6.45, 7) is 18.0. The molecule has 8 heteroatoms. The van der Waals surface area contributed by atoms with Crippen LogP contribution in [0.1, 0.15) is 68.2 Å². The van der Waals surface area contributed by atoms with Gasteiger partial charge in [0.05, 0.1) is 17.9 Å². The minimum Gasteiger partial charge on any atom is -0.462 e. The van der Waals surface area contributed by atoms with Crippen molar-refractivity contribution in [2.75, 3.05) is 0 Å². The maximum Gasteiger partial charge on any atom is 0.331 e. The third kappa shape index (κ3) is 6.44. The summed E-state index contributed by atoms with van der Waals surface area (Å²) in [7, 11) is 0. The van der Waals surface area contributed by atoms with Crippen molar-refractivity contribution in [2.24, 2.45) is 35.5 Å². The van der Waals surface area contributed by atoms with Crippen molar-refractivity contribution >= 4 is 23.7 Å². The zero-order valence-electron chi connectivity index (χ0n) is 22.8. The van der Waals surface area contributed by atoms with E-state index in [1.165, 1.54) is 13.0 Å². The minimum absolute atomic E-state index is 0.0469. The summed E-state index contributed by atoms with van der Waals surface area (Å²) in [6.07, 6.45) is -1.30. The Hall–Kier alpha value is -2.48. The fourth-order valence-corrected chi connectivity index (χ4v) is 5.58. The van der Waals surface area contributed by atoms with E-state index in [0.717, 1.165) is 0 Å². The highest BCUT2D eigenvalue weighted by Crippen LogP contribution is 2.54. The van der Waals surface area contributed by atoms with Crippen LogP contribution in [0.15, 0.2) is 23.8 Å². The van der Waals surface area contributed by atoms with Crippen LogP contribution in [-0.2, 0) is 33.4 Å². The Bertz CT molecular complexity index is 901. The van der Waals surface area contributed by atoms with E-state index in [1.807, 2.05) is 20.8 Å². The van der Waals surface area contributed by atoms with E-state index in [-0.39, 0.29) is 41.8 Å². The van der Waals surface area contributed by atoms with Gasteiger partial charge in [-0.3, -0.25) is 14.4 Å². The van der Waals surface area contributed by atoms with Gasteiger partial charge >= 0.3 is 17.9 Å². The second kappa shape index (κ2) is 12.2. The predicted octanol–water partition coefficient (Wildman–Crippen LogP) is 3.80. The molecule has 2 aliphatic rings. The highest BCUT2D eigenvalue weighted by atomic mass is 16.6. The van der Waals surface area contributed by atoms with Crippen molar-refractivity contribution < 1.29 is 38.5 Å². The average Bonchev–Trinajstić information content (AvgIpc) is 3.11. The van der Waals surface area contributed by atoms with Crippen molar-refractivity contribution in [2.45, 2.75) is 92.6 Å². The molecule has 36 heavy (non-hydrogen) atoms. The lowest BCUT2D eigenvalue weighted by Crippen LogP contribution is -2.55. The number of hydrogen-bond acceptors (Lipinski definition) is 8. The molecule has 202 valence electrons. The molecule has 2 rings (SSSR count). The van der Waals surface area contributed by atoms with Gasteiger partial charge in [0.2, 0.25) is 0 Å². The van der Waals surface area contributed by atoms with Crippen molar-refractivity contribution in [3.8, 4) is 0 Å². The van der Waals surface area contributed by atoms with E-state index < -0.39 is 48.2 Å². The van der Waals surface area contributed by atoms with Gasteiger partial charge in [-0.15, -0.1) is 0 Å². The van der Waals surface area contributed by atoms with Gasteiger partial charge in [0.1, 0.15) is 18.0 Å². The van der Waals surface area contributed by atoms with Gasteiger partial charge in [-0.2, -0.15) is 0 Å². The topological polar surface area (TPSA) is 116 Å². The molecular formula is C28H42O8. The number of fused-ring (bicyclic) bond motifs is 1. The van der Waals surface area contributed by atoms with Crippen molar-refractivity contribution in [3.63, 3.8) is 0 Å². The molecule has 0 unspecified atom stereocenters. The van der Waals surface area contributed by atoms with E-state index in [2.05, 4.69) is 6.58 Å². The molecule has 0 spiro atoms. The molecule has 0 aromatic heterocycles. The Balaban J connectivity index is 2.56. The maximum absolute atomic E-state index is 13.2. The molecule has 2 fully saturated rings. The standard InChI is InChI=1S/C28H42O8/c1-10-14(4)28(33)36-27-23(13(2)3)25-20(12-21(31)24(25)18(8)34-19(9)30)16(6)26(27)35-22(32)11-15(5)17(7)29/h11,13-14,17-18,20,23-27,29H,6,10,12H2,1-5,7-9H3/t14-,17+,18-,20+,23+,24+,25-,26+,27-/m1/s1. The summed E-state index contributed by atoms with van der Waals surface area (Å²) in [5.41, 5.74) is 0.945. The highest BCUT2D eigenvalue weighted by molar-refractivity contribution is 5.86. The molecule has 0 bridgehead atoms. The van der Waals surface area contributed by atoms with Gasteiger partial charge in [-0.1, -0.05) is 34.3 Å². The van der Waals surface area contributed by atoms with Crippen molar-refractivity contribution in [1.29, 1.82) is 0 Å². The fourth-order valence-electron chi connectivity index (χ4n) is 5.58. The van der Waals surface area contributed by atoms with E-state index in [9.17, 15) is 24.3 Å². The second-order valence-corrected chi connectivity index (χ2v) is 10.7. The first-order chi connectivity index (χ1) is 16.7. The van der Waals surface area contributed by atoms with Gasteiger partial charge in [-0.25, -0.2) is 4.79 Å². The Morgan fingerprint density at radius 1 is 1.11 bits per heavy atom. The first kappa shape index (κ1) is 29.7. The smallest absolute Gasteiger partial charge is 0.331 e. The highest BCUT2D eigenvalue weighted by Gasteiger charge is 2.60. The number of carbonyl (C=O) groups is 4. The van der Waals surface area contributed by atoms with Crippen molar-refractivity contribution in [3.05, 3.63) is 23.8 Å². The van der Waals surface area contributed by atoms with Crippen LogP contribution in [-0.4, -0.2) is 53.2 Å². The Labute approximate surface area is 214 Å².